The van der Waals surface area contributed by atoms with Crippen molar-refractivity contribution in [1.82, 2.24) is 4.98 Å². The minimum absolute atomic E-state index is 0.0565. The Hall–Kier alpha value is -2.17. The molecule has 5 heteroatoms. The summed E-state index contributed by atoms with van der Waals surface area (Å²) in [5.74, 6) is -0.439. The monoisotopic (exact) mass is 265 g/mol. The maximum Gasteiger partial charge on any atom is 0.416 e. The summed E-state index contributed by atoms with van der Waals surface area (Å²) in [5, 5.41) is 0. The molecule has 0 amide bonds. The molecule has 1 aromatic heterocycles. The smallest absolute Gasteiger partial charge is 0.289 e. The zero-order valence-electron chi connectivity index (χ0n) is 10.0. The Morgan fingerprint density at radius 3 is 2.32 bits per heavy atom. The standard InChI is InChI=1S/C14H10F3NO/c1-9-11(3-2-4-12(9)14(15,16)17)13(19)10-5-7-18-8-6-10/h2-8H,1H3. The minimum Gasteiger partial charge on any atom is -0.289 e. The highest BCUT2D eigenvalue weighted by Gasteiger charge is 2.33. The third-order valence-corrected chi connectivity index (χ3v) is 2.83. The Kier molecular flexibility index (Phi) is 3.38. The van der Waals surface area contributed by atoms with E-state index in [9.17, 15) is 18.0 Å². The number of hydrogen-bond acceptors (Lipinski definition) is 2. The Bertz CT molecular complexity index is 606. The number of pyridine rings is 1. The summed E-state index contributed by atoms with van der Waals surface area (Å²) in [7, 11) is 0. The van der Waals surface area contributed by atoms with Crippen LogP contribution >= 0.6 is 0 Å². The summed E-state index contributed by atoms with van der Waals surface area (Å²) in [6.07, 6.45) is -1.61. The first-order chi connectivity index (χ1) is 8.91. The first kappa shape index (κ1) is 13.3. The molecule has 0 spiro atoms. The Labute approximate surface area is 107 Å². The van der Waals surface area contributed by atoms with Crippen LogP contribution in [0.2, 0.25) is 0 Å². The second-order valence-electron chi connectivity index (χ2n) is 4.04. The molecule has 2 aromatic rings. The first-order valence-electron chi connectivity index (χ1n) is 5.53. The number of carbonyl (C=O) groups is 1. The van der Waals surface area contributed by atoms with Crippen LogP contribution in [0.25, 0.3) is 0 Å². The van der Waals surface area contributed by atoms with Crippen molar-refractivity contribution in [2.45, 2.75) is 13.1 Å². The van der Waals surface area contributed by atoms with Crippen molar-refractivity contribution in [1.29, 1.82) is 0 Å². The van der Waals surface area contributed by atoms with Gasteiger partial charge in [0.05, 0.1) is 5.56 Å². The lowest BCUT2D eigenvalue weighted by Gasteiger charge is -2.13. The van der Waals surface area contributed by atoms with Crippen molar-refractivity contribution in [2.24, 2.45) is 0 Å². The molecule has 0 saturated carbocycles. The number of rotatable bonds is 2. The fraction of sp³-hybridized carbons (Fsp3) is 0.143. The van der Waals surface area contributed by atoms with E-state index in [1.807, 2.05) is 0 Å². The zero-order chi connectivity index (χ0) is 14.0. The molecule has 1 aromatic carbocycles. The highest BCUT2D eigenvalue weighted by atomic mass is 19.4. The van der Waals surface area contributed by atoms with Gasteiger partial charge in [0.1, 0.15) is 0 Å². The fourth-order valence-electron chi connectivity index (χ4n) is 1.85. The van der Waals surface area contributed by atoms with E-state index in [0.717, 1.165) is 6.07 Å². The van der Waals surface area contributed by atoms with E-state index in [4.69, 9.17) is 0 Å². The molecular weight excluding hydrogens is 255 g/mol. The molecule has 98 valence electrons. The molecule has 2 rings (SSSR count). The van der Waals surface area contributed by atoms with Crippen molar-refractivity contribution in [2.75, 3.05) is 0 Å². The lowest BCUT2D eigenvalue weighted by atomic mass is 9.96. The molecule has 0 aliphatic rings. The normalized spacial score (nSPS) is 11.4. The van der Waals surface area contributed by atoms with Crippen molar-refractivity contribution < 1.29 is 18.0 Å². The van der Waals surface area contributed by atoms with Crippen molar-refractivity contribution >= 4 is 5.78 Å². The molecule has 0 unspecified atom stereocenters. The van der Waals surface area contributed by atoms with Crippen LogP contribution in [0.3, 0.4) is 0 Å². The Morgan fingerprint density at radius 2 is 1.74 bits per heavy atom. The highest BCUT2D eigenvalue weighted by molar-refractivity contribution is 6.09. The van der Waals surface area contributed by atoms with Gasteiger partial charge in [-0.1, -0.05) is 12.1 Å². The van der Waals surface area contributed by atoms with E-state index in [1.165, 1.54) is 43.6 Å². The zero-order valence-corrected chi connectivity index (χ0v) is 10.0. The fourth-order valence-corrected chi connectivity index (χ4v) is 1.85. The molecule has 1 heterocycles. The van der Waals surface area contributed by atoms with E-state index in [1.54, 1.807) is 0 Å². The Morgan fingerprint density at radius 1 is 1.11 bits per heavy atom. The van der Waals surface area contributed by atoms with Gasteiger partial charge in [0.2, 0.25) is 0 Å². The molecule has 2 nitrogen and oxygen atoms in total. The number of nitrogens with zero attached hydrogens (tertiary/aromatic N) is 1. The topological polar surface area (TPSA) is 30.0 Å². The second-order valence-corrected chi connectivity index (χ2v) is 4.04. The summed E-state index contributed by atoms with van der Waals surface area (Å²) in [6, 6.07) is 6.56. The van der Waals surface area contributed by atoms with Gasteiger partial charge in [0.15, 0.2) is 5.78 Å². The third kappa shape index (κ3) is 2.65. The van der Waals surface area contributed by atoms with Gasteiger partial charge in [-0.05, 0) is 30.7 Å². The summed E-state index contributed by atoms with van der Waals surface area (Å²) in [6.45, 7) is 1.30. The molecule has 0 aliphatic heterocycles. The van der Waals surface area contributed by atoms with E-state index in [-0.39, 0.29) is 11.1 Å². The number of aromatic nitrogens is 1. The largest absolute Gasteiger partial charge is 0.416 e. The minimum atomic E-state index is -4.46. The number of halogens is 3. The van der Waals surface area contributed by atoms with Crippen LogP contribution < -0.4 is 0 Å². The average Bonchev–Trinajstić information content (AvgIpc) is 2.38. The van der Waals surface area contributed by atoms with Gasteiger partial charge < -0.3 is 0 Å². The van der Waals surface area contributed by atoms with Crippen LogP contribution in [0.4, 0.5) is 13.2 Å². The van der Waals surface area contributed by atoms with E-state index < -0.39 is 17.5 Å². The predicted octanol–water partition coefficient (Wildman–Crippen LogP) is 3.64. The van der Waals surface area contributed by atoms with Crippen LogP contribution in [0.5, 0.6) is 0 Å². The number of hydrogen-bond donors (Lipinski definition) is 0. The van der Waals surface area contributed by atoms with Crippen LogP contribution in [-0.4, -0.2) is 10.8 Å². The molecule has 0 bridgehead atoms. The van der Waals surface area contributed by atoms with Crippen LogP contribution in [0.1, 0.15) is 27.0 Å². The van der Waals surface area contributed by atoms with Gasteiger partial charge in [-0.15, -0.1) is 0 Å². The summed E-state index contributed by atoms with van der Waals surface area (Å²) < 4.78 is 38.3. The summed E-state index contributed by atoms with van der Waals surface area (Å²) in [5.41, 5.74) is -0.470. The Balaban J connectivity index is 2.50. The van der Waals surface area contributed by atoms with Crippen LogP contribution in [0, 0.1) is 6.92 Å². The average molecular weight is 265 g/mol. The van der Waals surface area contributed by atoms with Gasteiger partial charge in [0, 0.05) is 23.5 Å². The maximum absolute atomic E-state index is 12.8. The molecule has 0 N–H and O–H groups in total. The lowest BCUT2D eigenvalue weighted by molar-refractivity contribution is -0.138. The van der Waals surface area contributed by atoms with Gasteiger partial charge in [-0.25, -0.2) is 0 Å². The van der Waals surface area contributed by atoms with Crippen LogP contribution in [0.15, 0.2) is 42.7 Å². The van der Waals surface area contributed by atoms with Gasteiger partial charge in [0.25, 0.3) is 0 Å². The van der Waals surface area contributed by atoms with Crippen LogP contribution in [-0.2, 0) is 6.18 Å². The predicted molar refractivity (Wildman–Crippen MR) is 63.9 cm³/mol. The first-order valence-corrected chi connectivity index (χ1v) is 5.53. The van der Waals surface area contributed by atoms with Crippen molar-refractivity contribution in [3.63, 3.8) is 0 Å². The second kappa shape index (κ2) is 4.84. The molecule has 0 atom stereocenters. The van der Waals surface area contributed by atoms with Crippen molar-refractivity contribution in [3.8, 4) is 0 Å². The number of benzene rings is 1. The molecule has 0 saturated heterocycles. The SMILES string of the molecule is Cc1c(C(=O)c2ccncc2)cccc1C(F)(F)F. The number of carbonyl (C=O) groups excluding carboxylic acids is 1. The molecule has 19 heavy (non-hydrogen) atoms. The molecule has 0 aliphatic carbocycles. The lowest BCUT2D eigenvalue weighted by Crippen LogP contribution is -2.12. The summed E-state index contributed by atoms with van der Waals surface area (Å²) >= 11 is 0. The third-order valence-electron chi connectivity index (χ3n) is 2.83. The molecule has 0 fully saturated rings. The van der Waals surface area contributed by atoms with E-state index >= 15 is 0 Å². The summed E-state index contributed by atoms with van der Waals surface area (Å²) in [4.78, 5) is 15.9. The number of alkyl halides is 3. The van der Waals surface area contributed by atoms with Gasteiger partial charge in [-0.2, -0.15) is 13.2 Å². The maximum atomic E-state index is 12.8. The van der Waals surface area contributed by atoms with Crippen molar-refractivity contribution in [3.05, 3.63) is 65.0 Å². The quantitative estimate of drug-likeness (QED) is 0.776. The molecule has 0 radical (unpaired) electrons. The molecular formula is C14H10F3NO. The number of ketones is 1. The highest BCUT2D eigenvalue weighted by Crippen LogP contribution is 2.33. The van der Waals surface area contributed by atoms with Gasteiger partial charge in [-0.3, -0.25) is 9.78 Å². The van der Waals surface area contributed by atoms with Gasteiger partial charge >= 0.3 is 6.18 Å². The van der Waals surface area contributed by atoms with E-state index in [0.29, 0.717) is 5.56 Å². The van der Waals surface area contributed by atoms with E-state index in [2.05, 4.69) is 4.98 Å².